The van der Waals surface area contributed by atoms with E-state index in [0.717, 1.165) is 10.8 Å². The van der Waals surface area contributed by atoms with Gasteiger partial charge < -0.3 is 24.4 Å². The largest absolute Gasteiger partial charge is 0.485 e. The van der Waals surface area contributed by atoms with Crippen LogP contribution >= 0.6 is 0 Å². The van der Waals surface area contributed by atoms with Crippen molar-refractivity contribution in [1.29, 1.82) is 0 Å². The van der Waals surface area contributed by atoms with Crippen molar-refractivity contribution in [2.45, 2.75) is 26.1 Å². The van der Waals surface area contributed by atoms with Gasteiger partial charge in [-0.1, -0.05) is 42.5 Å². The zero-order chi connectivity index (χ0) is 36.3. The van der Waals surface area contributed by atoms with E-state index in [0.29, 0.717) is 39.8 Å². The summed E-state index contributed by atoms with van der Waals surface area (Å²) in [5, 5.41) is 4.90. The molecule has 12 nitrogen and oxygen atoms in total. The van der Waals surface area contributed by atoms with Crippen LogP contribution in [0.15, 0.2) is 114 Å². The Kier molecular flexibility index (Phi) is 12.5. The summed E-state index contributed by atoms with van der Waals surface area (Å²) in [6.07, 6.45) is 1.70. The molecule has 0 aliphatic carbocycles. The first-order valence-corrected chi connectivity index (χ1v) is 19.0. The molecule has 0 saturated carbocycles. The number of anilines is 1. The molecule has 268 valence electrons. The number of amides is 2. The molecule has 0 aromatic heterocycles. The summed E-state index contributed by atoms with van der Waals surface area (Å²) in [4.78, 5) is 15.0. The maximum Gasteiger partial charge on any atom is 0.322 e. The van der Waals surface area contributed by atoms with Gasteiger partial charge in [0.1, 0.15) is 23.0 Å². The van der Waals surface area contributed by atoms with Crippen LogP contribution in [0.1, 0.15) is 25.0 Å². The van der Waals surface area contributed by atoms with E-state index in [9.17, 15) is 21.6 Å². The lowest BCUT2D eigenvalue weighted by Gasteiger charge is -2.21. The Morgan fingerprint density at radius 3 is 1.53 bits per heavy atom. The smallest absolute Gasteiger partial charge is 0.322 e. The van der Waals surface area contributed by atoms with E-state index in [1.807, 2.05) is 30.3 Å². The SMILES string of the molecule is CCOS(=O)(=O)/C=C/c1ccc(O[C@@H]2CN(C(=O)Nc3ccc(Oc4ccccc4)cc3)C[C@H]2Oc2ccc(/C=C/S(=O)(=O)OCC)cc2)cc1. The Balaban J connectivity index is 1.27. The number of carbonyl (C=O) groups is 1. The second kappa shape index (κ2) is 17.2. The number of rotatable bonds is 15. The molecule has 0 bridgehead atoms. The minimum absolute atomic E-state index is 0.0368. The van der Waals surface area contributed by atoms with Crippen LogP contribution < -0.4 is 19.5 Å². The van der Waals surface area contributed by atoms with Crippen molar-refractivity contribution >= 4 is 44.1 Å². The van der Waals surface area contributed by atoms with Gasteiger partial charge >= 0.3 is 6.03 Å². The Morgan fingerprint density at radius 2 is 1.08 bits per heavy atom. The lowest BCUT2D eigenvalue weighted by atomic mass is 10.2. The minimum Gasteiger partial charge on any atom is -0.485 e. The van der Waals surface area contributed by atoms with Crippen LogP contribution in [0, 0.1) is 0 Å². The fourth-order valence-electron chi connectivity index (χ4n) is 4.97. The standard InChI is InChI=1S/C37H38N2O10S2/c1-3-45-50(41,42)24-22-28-10-16-33(17-11-28)48-35-26-39(37(40)38-30-14-20-32(21-15-30)47-31-8-6-5-7-9-31)27-36(35)49-34-18-12-29(13-19-34)23-25-51(43,44)46-4-2/h5-25,35-36H,3-4,26-27H2,1-2H3,(H,38,40)/b24-22+,25-23+/t35-,36-/m1/s1. The van der Waals surface area contributed by atoms with Crippen LogP contribution in [0.4, 0.5) is 10.5 Å². The molecule has 14 heteroatoms. The number of hydrogen-bond acceptors (Lipinski definition) is 10. The summed E-state index contributed by atoms with van der Waals surface area (Å²) < 4.78 is 75.4. The summed E-state index contributed by atoms with van der Waals surface area (Å²) in [7, 11) is -7.55. The van der Waals surface area contributed by atoms with Crippen LogP contribution in [0.25, 0.3) is 12.2 Å². The van der Waals surface area contributed by atoms with E-state index in [4.69, 9.17) is 22.6 Å². The third-order valence-electron chi connectivity index (χ3n) is 7.34. The maximum absolute atomic E-state index is 13.4. The predicted molar refractivity (Wildman–Crippen MR) is 194 cm³/mol. The highest BCUT2D eigenvalue weighted by Gasteiger charge is 2.39. The maximum atomic E-state index is 13.4. The number of nitrogens with one attached hydrogen (secondary N) is 1. The lowest BCUT2D eigenvalue weighted by molar-refractivity contribution is 0.0913. The zero-order valence-corrected chi connectivity index (χ0v) is 29.6. The first-order chi connectivity index (χ1) is 24.5. The molecule has 0 unspecified atom stereocenters. The van der Waals surface area contributed by atoms with E-state index < -0.39 is 32.4 Å². The summed E-state index contributed by atoms with van der Waals surface area (Å²) in [5.74, 6) is 2.30. The molecule has 5 rings (SSSR count). The fraction of sp³-hybridized carbons (Fsp3) is 0.216. The summed E-state index contributed by atoms with van der Waals surface area (Å²) in [6.45, 7) is 3.67. The number of urea groups is 1. The van der Waals surface area contributed by atoms with Gasteiger partial charge in [0.15, 0.2) is 12.2 Å². The van der Waals surface area contributed by atoms with Gasteiger partial charge in [-0.2, -0.15) is 16.8 Å². The highest BCUT2D eigenvalue weighted by molar-refractivity contribution is 7.90. The Labute approximate surface area is 298 Å². The summed E-state index contributed by atoms with van der Waals surface area (Å²) >= 11 is 0. The van der Waals surface area contributed by atoms with Gasteiger partial charge in [0.05, 0.1) is 37.1 Å². The molecule has 1 N–H and O–H groups in total. The molecule has 1 aliphatic rings. The summed E-state index contributed by atoms with van der Waals surface area (Å²) in [5.41, 5.74) is 1.82. The number of likely N-dealkylation sites (tertiary alicyclic amines) is 1. The first kappa shape index (κ1) is 37.1. The third-order valence-corrected chi connectivity index (χ3v) is 9.41. The van der Waals surface area contributed by atoms with Crippen LogP contribution in [0.3, 0.4) is 0 Å². The number of ether oxygens (including phenoxy) is 3. The van der Waals surface area contributed by atoms with E-state index >= 15 is 0 Å². The van der Waals surface area contributed by atoms with Crippen molar-refractivity contribution in [1.82, 2.24) is 4.90 Å². The average Bonchev–Trinajstić information content (AvgIpc) is 3.51. The Morgan fingerprint density at radius 1 is 0.647 bits per heavy atom. The molecular formula is C37H38N2O10S2. The zero-order valence-electron chi connectivity index (χ0n) is 28.0. The second-order valence-corrected chi connectivity index (χ2v) is 14.1. The van der Waals surface area contributed by atoms with Gasteiger partial charge in [0, 0.05) is 5.69 Å². The van der Waals surface area contributed by atoms with Gasteiger partial charge in [0.2, 0.25) is 0 Å². The first-order valence-electron chi connectivity index (χ1n) is 16.1. The van der Waals surface area contributed by atoms with Gasteiger partial charge in [-0.25, -0.2) is 4.79 Å². The van der Waals surface area contributed by atoms with E-state index in [-0.39, 0.29) is 32.3 Å². The normalized spacial score (nSPS) is 16.4. The molecular weight excluding hydrogens is 697 g/mol. The van der Waals surface area contributed by atoms with Crippen LogP contribution in [-0.4, -0.2) is 66.3 Å². The van der Waals surface area contributed by atoms with Crippen molar-refractivity contribution in [3.05, 3.63) is 125 Å². The monoisotopic (exact) mass is 734 g/mol. The van der Waals surface area contributed by atoms with E-state index in [2.05, 4.69) is 5.32 Å². The number of carbonyl (C=O) groups excluding carboxylic acids is 1. The Hall–Kier alpha value is -5.15. The highest BCUT2D eigenvalue weighted by Crippen LogP contribution is 2.27. The molecule has 4 aromatic carbocycles. The molecule has 1 aliphatic heterocycles. The van der Waals surface area contributed by atoms with Crippen LogP contribution in [0.5, 0.6) is 23.0 Å². The van der Waals surface area contributed by atoms with Crippen molar-refractivity contribution < 1.29 is 44.2 Å². The second-order valence-electron chi connectivity index (χ2n) is 11.1. The Bertz CT molecular complexity index is 1920. The molecule has 51 heavy (non-hydrogen) atoms. The fourth-order valence-corrected chi connectivity index (χ4v) is 6.43. The third kappa shape index (κ3) is 11.4. The van der Waals surface area contributed by atoms with Crippen LogP contribution in [-0.2, 0) is 28.6 Å². The summed E-state index contributed by atoms with van der Waals surface area (Å²) in [6, 6.07) is 29.6. The van der Waals surface area contributed by atoms with E-state index in [1.165, 1.54) is 12.2 Å². The van der Waals surface area contributed by atoms with Gasteiger partial charge in [-0.3, -0.25) is 8.37 Å². The number of nitrogens with zero attached hydrogens (tertiary/aromatic N) is 1. The minimum atomic E-state index is -3.78. The molecule has 1 fully saturated rings. The highest BCUT2D eigenvalue weighted by atomic mass is 32.2. The van der Waals surface area contributed by atoms with Crippen LogP contribution in [0.2, 0.25) is 0 Å². The van der Waals surface area contributed by atoms with Crippen molar-refractivity contribution in [2.75, 3.05) is 31.6 Å². The molecule has 1 saturated heterocycles. The van der Waals surface area contributed by atoms with Crippen molar-refractivity contribution in [3.63, 3.8) is 0 Å². The predicted octanol–water partition coefficient (Wildman–Crippen LogP) is 6.90. The topological polar surface area (TPSA) is 147 Å². The number of hydrogen-bond donors (Lipinski definition) is 1. The van der Waals surface area contributed by atoms with Crippen molar-refractivity contribution in [3.8, 4) is 23.0 Å². The molecule has 2 amide bonds. The quantitative estimate of drug-likeness (QED) is 0.128. The molecule has 0 radical (unpaired) electrons. The van der Waals surface area contributed by atoms with Gasteiger partial charge in [-0.15, -0.1) is 0 Å². The van der Waals surface area contributed by atoms with Crippen molar-refractivity contribution in [2.24, 2.45) is 0 Å². The number of para-hydroxylation sites is 1. The number of benzene rings is 4. The molecule has 2 atom stereocenters. The lowest BCUT2D eigenvalue weighted by Crippen LogP contribution is -2.34. The molecule has 4 aromatic rings. The molecule has 1 heterocycles. The average molecular weight is 735 g/mol. The van der Waals surface area contributed by atoms with Gasteiger partial charge in [0.25, 0.3) is 20.2 Å². The molecule has 0 spiro atoms. The van der Waals surface area contributed by atoms with Gasteiger partial charge in [-0.05, 0) is 97.8 Å². The van der Waals surface area contributed by atoms with E-state index in [1.54, 1.807) is 91.5 Å².